The van der Waals surface area contributed by atoms with Crippen molar-refractivity contribution in [1.29, 1.82) is 0 Å². The molecule has 12 aromatic rings. The first-order chi connectivity index (χ1) is 30.0. The van der Waals surface area contributed by atoms with Crippen LogP contribution in [0, 0.1) is 0 Å². The van der Waals surface area contributed by atoms with Gasteiger partial charge in [-0.25, -0.2) is 0 Å². The van der Waals surface area contributed by atoms with Gasteiger partial charge in [0.1, 0.15) is 0 Å². The first kappa shape index (κ1) is 34.7. The molecule has 0 aliphatic carbocycles. The van der Waals surface area contributed by atoms with Gasteiger partial charge in [0.2, 0.25) is 0 Å². The zero-order chi connectivity index (χ0) is 40.4. The van der Waals surface area contributed by atoms with E-state index in [-0.39, 0.29) is 0 Å². The van der Waals surface area contributed by atoms with Gasteiger partial charge in [-0.2, -0.15) is 0 Å². The van der Waals surface area contributed by atoms with Crippen LogP contribution in [-0.2, 0) is 9.93 Å². The molecule has 0 N–H and O–H groups in total. The minimum absolute atomic E-state index is 0.923. The molecule has 0 amide bonds. The van der Waals surface area contributed by atoms with E-state index in [0.717, 1.165) is 80.9 Å². The molecule has 6 heteroatoms. The van der Waals surface area contributed by atoms with Crippen molar-refractivity contribution in [2.45, 2.75) is 19.6 Å². The van der Waals surface area contributed by atoms with Crippen LogP contribution in [0.1, 0.15) is 0 Å². The molecule has 0 radical (unpaired) electrons. The fourth-order valence-corrected chi connectivity index (χ4v) is 14.3. The molecule has 4 nitrogen and oxygen atoms in total. The van der Waals surface area contributed by atoms with Crippen molar-refractivity contribution >= 4 is 87.1 Å². The fraction of sp³-hybridized carbons (Fsp3) is 0.0182. The van der Waals surface area contributed by atoms with Gasteiger partial charge in [0, 0.05) is 51.9 Å². The second-order valence-corrected chi connectivity index (χ2v) is 20.0. The van der Waals surface area contributed by atoms with Crippen molar-refractivity contribution in [2.75, 3.05) is 6.26 Å². The molecule has 0 spiro atoms. The number of nitrogens with zero attached hydrogens (tertiary/aromatic N) is 3. The number of para-hydroxylation sites is 6. The number of fused-ring (bicyclic) bond motifs is 11. The highest BCUT2D eigenvalue weighted by Crippen LogP contribution is 2.49. The average Bonchev–Trinajstić information content (AvgIpc) is 3.94. The lowest BCUT2D eigenvalue weighted by Crippen LogP contribution is -2.16. The second kappa shape index (κ2) is 12.9. The Morgan fingerprint density at radius 2 is 0.721 bits per heavy atom. The number of benzene rings is 9. The van der Waals surface area contributed by atoms with E-state index in [0.29, 0.717) is 0 Å². The van der Waals surface area contributed by atoms with Gasteiger partial charge in [-0.05, 0) is 90.2 Å². The highest BCUT2D eigenvalue weighted by atomic mass is 32.2. The third-order valence-electron chi connectivity index (χ3n) is 12.8. The molecule has 13 rings (SSSR count). The molecule has 4 heterocycles. The van der Waals surface area contributed by atoms with E-state index in [9.17, 15) is 4.21 Å². The highest BCUT2D eigenvalue weighted by molar-refractivity contribution is 8.06. The Hall–Kier alpha value is -7.12. The Morgan fingerprint density at radius 3 is 1.16 bits per heavy atom. The maximum Gasteiger partial charge on any atom is 0.0947 e. The van der Waals surface area contributed by atoms with Crippen molar-refractivity contribution < 1.29 is 4.21 Å². The average molecular weight is 820 g/mol. The molecule has 1 aliphatic heterocycles. The summed E-state index contributed by atoms with van der Waals surface area (Å²) in [5, 5.41) is 7.24. The van der Waals surface area contributed by atoms with Crippen LogP contribution < -0.4 is 0 Å². The predicted molar refractivity (Wildman–Crippen MR) is 257 cm³/mol. The summed E-state index contributed by atoms with van der Waals surface area (Å²) in [6, 6.07) is 72.3. The lowest BCUT2D eigenvalue weighted by molar-refractivity contribution is 0.670. The maximum atomic E-state index is 14.6. The summed E-state index contributed by atoms with van der Waals surface area (Å²) in [5.74, 6) is 0. The summed E-state index contributed by atoms with van der Waals surface area (Å²) in [7, 11) is -2.81. The van der Waals surface area contributed by atoms with E-state index in [2.05, 4.69) is 196 Å². The third kappa shape index (κ3) is 4.92. The summed E-state index contributed by atoms with van der Waals surface area (Å²) in [6.07, 6.45) is 1.92. The quantitative estimate of drug-likeness (QED) is 0.179. The number of hydrogen-bond acceptors (Lipinski definition) is 2. The molecule has 61 heavy (non-hydrogen) atoms. The molecular formula is C55H37N3OS2. The summed E-state index contributed by atoms with van der Waals surface area (Å²) in [6.45, 7) is 0. The predicted octanol–water partition coefficient (Wildman–Crippen LogP) is 14.2. The van der Waals surface area contributed by atoms with Crippen molar-refractivity contribution in [1.82, 2.24) is 13.7 Å². The smallest absolute Gasteiger partial charge is 0.0947 e. The van der Waals surface area contributed by atoms with Crippen LogP contribution in [0.4, 0.5) is 0 Å². The minimum Gasteiger partial charge on any atom is -0.307 e. The van der Waals surface area contributed by atoms with E-state index < -0.39 is 9.93 Å². The lowest BCUT2D eigenvalue weighted by atomic mass is 10.0. The molecule has 290 valence electrons. The number of aromatic nitrogens is 3. The summed E-state index contributed by atoms with van der Waals surface area (Å²) in [5.41, 5.74) is 12.2. The monoisotopic (exact) mass is 819 g/mol. The SMILES string of the molecule is C[SH]1(=O)c2ccccc2Sc2cc(-c3cc(-n4c5ccccc5c5ccccc54)c(-n4c5ccccc5c5ccccc54)c(-n4c5ccccc5c5ccccc54)c3)ccc21. The van der Waals surface area contributed by atoms with Crippen molar-refractivity contribution in [3.63, 3.8) is 0 Å². The summed E-state index contributed by atoms with van der Waals surface area (Å²) < 4.78 is 22.1. The van der Waals surface area contributed by atoms with Gasteiger partial charge in [0.05, 0.1) is 50.2 Å². The molecule has 0 fully saturated rings. The van der Waals surface area contributed by atoms with Gasteiger partial charge in [-0.15, -0.1) is 0 Å². The molecule has 0 unspecified atom stereocenters. The van der Waals surface area contributed by atoms with Crippen LogP contribution in [0.15, 0.2) is 220 Å². The Labute approximate surface area is 357 Å². The van der Waals surface area contributed by atoms with Gasteiger partial charge < -0.3 is 13.7 Å². The minimum atomic E-state index is -2.81. The molecular weight excluding hydrogens is 783 g/mol. The van der Waals surface area contributed by atoms with Gasteiger partial charge in [0.15, 0.2) is 0 Å². The van der Waals surface area contributed by atoms with E-state index in [1.54, 1.807) is 11.8 Å². The van der Waals surface area contributed by atoms with E-state index >= 15 is 0 Å². The van der Waals surface area contributed by atoms with Crippen molar-refractivity contribution in [3.05, 3.63) is 200 Å². The van der Waals surface area contributed by atoms with Crippen LogP contribution in [0.2, 0.25) is 0 Å². The normalized spacial score (nSPS) is 14.0. The van der Waals surface area contributed by atoms with Gasteiger partial charge in [0.25, 0.3) is 0 Å². The zero-order valence-electron chi connectivity index (χ0n) is 33.2. The molecule has 0 atom stereocenters. The van der Waals surface area contributed by atoms with E-state index in [4.69, 9.17) is 0 Å². The highest BCUT2D eigenvalue weighted by Gasteiger charge is 2.29. The van der Waals surface area contributed by atoms with Gasteiger partial charge in [-0.3, -0.25) is 4.21 Å². The Balaban J connectivity index is 1.23. The molecule has 3 aromatic heterocycles. The number of thiol groups is 1. The number of rotatable bonds is 4. The largest absolute Gasteiger partial charge is 0.307 e. The molecule has 0 saturated heterocycles. The Morgan fingerprint density at radius 1 is 0.361 bits per heavy atom. The third-order valence-corrected chi connectivity index (χ3v) is 16.9. The van der Waals surface area contributed by atoms with Crippen LogP contribution in [0.25, 0.3) is 93.6 Å². The van der Waals surface area contributed by atoms with Gasteiger partial charge >= 0.3 is 0 Å². The standard InChI is InChI=1S/C55H37N3OS2/c1-61(59)53-29-15-14-28-51(53)60-52-34-35(30-31-54(52)61)36-32-49(56-43-22-8-2-16-37(43)38-17-3-9-23-44(38)56)55(58-47-26-12-6-20-41(47)42-21-7-13-27-48(42)58)50(33-36)57-45-24-10-4-18-39(45)40-19-5-11-25-46(40)57/h2-34,61H,1H3. The Kier molecular flexibility index (Phi) is 7.36. The topological polar surface area (TPSA) is 31.9 Å². The van der Waals surface area contributed by atoms with Crippen LogP contribution >= 0.6 is 11.8 Å². The van der Waals surface area contributed by atoms with E-state index in [1.165, 1.54) is 32.3 Å². The van der Waals surface area contributed by atoms with Crippen LogP contribution in [0.3, 0.4) is 0 Å². The molecule has 9 aromatic carbocycles. The fourth-order valence-electron chi connectivity index (χ4n) is 10.1. The van der Waals surface area contributed by atoms with E-state index in [1.807, 2.05) is 24.5 Å². The maximum absolute atomic E-state index is 14.6. The zero-order valence-corrected chi connectivity index (χ0v) is 34.9. The summed E-state index contributed by atoms with van der Waals surface area (Å²) >= 11 is 1.72. The van der Waals surface area contributed by atoms with Crippen molar-refractivity contribution in [2.24, 2.45) is 0 Å². The van der Waals surface area contributed by atoms with Gasteiger partial charge in [-0.1, -0.05) is 149 Å². The first-order valence-corrected chi connectivity index (χ1v) is 23.7. The molecule has 0 saturated carbocycles. The van der Waals surface area contributed by atoms with Crippen molar-refractivity contribution in [3.8, 4) is 28.2 Å². The molecule has 0 bridgehead atoms. The first-order valence-electron chi connectivity index (χ1n) is 20.7. The second-order valence-electron chi connectivity index (χ2n) is 16.1. The van der Waals surface area contributed by atoms with Crippen LogP contribution in [0.5, 0.6) is 0 Å². The van der Waals surface area contributed by atoms with Crippen LogP contribution in [-0.4, -0.2) is 24.2 Å². The Bertz CT molecular complexity index is 3570. The molecule has 1 aliphatic rings. The number of hydrogen-bond donors (Lipinski definition) is 1. The lowest BCUT2D eigenvalue weighted by Gasteiger charge is -2.30. The summed E-state index contributed by atoms with van der Waals surface area (Å²) in [4.78, 5) is 3.98.